The second-order valence-corrected chi connectivity index (χ2v) is 9.85. The Labute approximate surface area is 215 Å². The lowest BCUT2D eigenvalue weighted by atomic mass is 9.80. The fraction of sp³-hybridized carbons (Fsp3) is 0.192. The molecular weight excluding hydrogens is 498 g/mol. The number of furan rings is 1. The van der Waals surface area contributed by atoms with Crippen LogP contribution in [0.3, 0.4) is 0 Å². The molecular formula is C26H24BFN2O6S. The van der Waals surface area contributed by atoms with Crippen molar-refractivity contribution < 1.29 is 32.4 Å². The van der Waals surface area contributed by atoms with E-state index >= 15 is 0 Å². The maximum atomic E-state index is 13.5. The largest absolute Gasteiger partial charge is 0.488 e. The third-order valence-electron chi connectivity index (χ3n) is 6.49. The van der Waals surface area contributed by atoms with E-state index in [0.717, 1.165) is 24.0 Å². The van der Waals surface area contributed by atoms with Gasteiger partial charge in [0.2, 0.25) is 0 Å². The van der Waals surface area contributed by atoms with Crippen LogP contribution in [0.2, 0.25) is 0 Å². The van der Waals surface area contributed by atoms with Crippen molar-refractivity contribution in [2.75, 3.05) is 11.4 Å². The minimum atomic E-state index is -2.41. The highest BCUT2D eigenvalue weighted by Gasteiger charge is 2.31. The first-order chi connectivity index (χ1) is 17.8. The summed E-state index contributed by atoms with van der Waals surface area (Å²) in [6.45, 7) is 0.0394. The van der Waals surface area contributed by atoms with Crippen molar-refractivity contribution in [2.45, 2.75) is 25.3 Å². The molecule has 0 bridgehead atoms. The molecule has 0 aliphatic heterocycles. The van der Waals surface area contributed by atoms with E-state index in [9.17, 15) is 28.0 Å². The summed E-state index contributed by atoms with van der Waals surface area (Å²) in [5.74, 6) is -0.208. The maximum absolute atomic E-state index is 13.5. The zero-order valence-corrected chi connectivity index (χ0v) is 20.7. The summed E-state index contributed by atoms with van der Waals surface area (Å²) in [5, 5.41) is 22.3. The lowest BCUT2D eigenvalue weighted by Crippen LogP contribution is -2.32. The Morgan fingerprint density at radius 2 is 1.89 bits per heavy atom. The van der Waals surface area contributed by atoms with Crippen LogP contribution < -0.4 is 15.1 Å². The fourth-order valence-corrected chi connectivity index (χ4v) is 5.04. The Morgan fingerprint density at radius 1 is 1.16 bits per heavy atom. The van der Waals surface area contributed by atoms with Crippen LogP contribution in [0, 0.1) is 5.82 Å². The first kappa shape index (κ1) is 25.2. The molecule has 8 nitrogen and oxygen atoms in total. The van der Waals surface area contributed by atoms with E-state index in [1.165, 1.54) is 35.6 Å². The van der Waals surface area contributed by atoms with E-state index in [1.807, 2.05) is 6.07 Å². The molecule has 0 radical (unpaired) electrons. The molecule has 4 N–H and O–H groups in total. The van der Waals surface area contributed by atoms with Crippen LogP contribution in [-0.2, 0) is 17.8 Å². The number of carbonyl (C=O) groups is 1. The summed E-state index contributed by atoms with van der Waals surface area (Å²) in [7, 11) is -0.194. The van der Waals surface area contributed by atoms with E-state index in [1.54, 1.807) is 30.3 Å². The Kier molecular flexibility index (Phi) is 6.87. The van der Waals surface area contributed by atoms with Crippen LogP contribution in [-0.4, -0.2) is 38.9 Å². The molecule has 1 heterocycles. The van der Waals surface area contributed by atoms with Crippen LogP contribution in [0.5, 0.6) is 0 Å². The molecule has 1 unspecified atom stereocenters. The molecule has 1 aliphatic rings. The zero-order valence-electron chi connectivity index (χ0n) is 19.8. The van der Waals surface area contributed by atoms with E-state index in [2.05, 4.69) is 5.32 Å². The van der Waals surface area contributed by atoms with Gasteiger partial charge in [-0.25, -0.2) is 8.60 Å². The van der Waals surface area contributed by atoms with Crippen molar-refractivity contribution in [2.24, 2.45) is 0 Å². The van der Waals surface area contributed by atoms with E-state index in [4.69, 9.17) is 4.42 Å². The summed E-state index contributed by atoms with van der Waals surface area (Å²) < 4.78 is 43.4. The summed E-state index contributed by atoms with van der Waals surface area (Å²) in [6, 6.07) is 15.5. The van der Waals surface area contributed by atoms with Gasteiger partial charge in [-0.2, -0.15) is 0 Å². The van der Waals surface area contributed by atoms with Gasteiger partial charge in [-0.3, -0.25) is 13.7 Å². The molecule has 1 fully saturated rings. The second-order valence-electron chi connectivity index (χ2n) is 8.95. The first-order valence-corrected chi connectivity index (χ1v) is 12.7. The summed E-state index contributed by atoms with van der Waals surface area (Å²) in [4.78, 5) is 12.9. The van der Waals surface area contributed by atoms with Gasteiger partial charge < -0.3 is 19.8 Å². The van der Waals surface area contributed by atoms with Crippen molar-refractivity contribution in [3.8, 4) is 11.3 Å². The van der Waals surface area contributed by atoms with Gasteiger partial charge in [0, 0.05) is 18.0 Å². The smallest absolute Gasteiger partial charge is 0.455 e. The van der Waals surface area contributed by atoms with E-state index in [-0.39, 0.29) is 23.8 Å². The first-order valence-electron chi connectivity index (χ1n) is 11.7. The van der Waals surface area contributed by atoms with Crippen LogP contribution >= 0.6 is 0 Å². The zero-order chi connectivity index (χ0) is 26.3. The summed E-state index contributed by atoms with van der Waals surface area (Å²) in [6.07, 6.45) is 1.90. The fourth-order valence-electron chi connectivity index (χ4n) is 4.50. The highest BCUT2D eigenvalue weighted by molar-refractivity contribution is 7.80. The molecule has 4 aromatic rings. The minimum Gasteiger partial charge on any atom is -0.455 e. The van der Waals surface area contributed by atoms with Gasteiger partial charge in [0.25, 0.3) is 17.2 Å². The molecule has 1 saturated carbocycles. The molecule has 5 rings (SSSR count). The number of benzene rings is 3. The van der Waals surface area contributed by atoms with Gasteiger partial charge in [0.05, 0.1) is 17.8 Å². The number of amides is 1. The average molecular weight is 522 g/mol. The van der Waals surface area contributed by atoms with Gasteiger partial charge in [0.1, 0.15) is 17.2 Å². The number of fused-ring (bicyclic) bond motifs is 1. The molecule has 1 amide bonds. The summed E-state index contributed by atoms with van der Waals surface area (Å²) in [5.41, 5.74) is 3.52. The SMILES string of the molecule is CNC(=O)c1c(-c2ccc(F)cc2)oc2cc(CN(c3cccc(B(O)O)c3)S(=O)O)c(C3CC3)cc12. The number of carbonyl (C=O) groups excluding carboxylic acids is 1. The molecule has 0 saturated heterocycles. The third-order valence-corrected chi connectivity index (χ3v) is 7.20. The molecule has 3 aromatic carbocycles. The lowest BCUT2D eigenvalue weighted by molar-refractivity contribution is 0.0964. The van der Waals surface area contributed by atoms with Crippen molar-refractivity contribution in [3.05, 3.63) is 83.2 Å². The number of hydrogen-bond donors (Lipinski definition) is 4. The van der Waals surface area contributed by atoms with Gasteiger partial charge in [-0.05, 0) is 83.9 Å². The van der Waals surface area contributed by atoms with E-state index < -0.39 is 24.2 Å². The normalized spacial score (nSPS) is 14.0. The van der Waals surface area contributed by atoms with Gasteiger partial charge in [-0.15, -0.1) is 0 Å². The molecule has 11 heteroatoms. The molecule has 0 spiro atoms. The third kappa shape index (κ3) is 5.03. The highest BCUT2D eigenvalue weighted by atomic mass is 32.2. The quantitative estimate of drug-likeness (QED) is 0.208. The second kappa shape index (κ2) is 10.1. The predicted molar refractivity (Wildman–Crippen MR) is 140 cm³/mol. The maximum Gasteiger partial charge on any atom is 0.488 e. The van der Waals surface area contributed by atoms with E-state index in [0.29, 0.717) is 33.5 Å². The van der Waals surface area contributed by atoms with Crippen LogP contribution in [0.4, 0.5) is 10.1 Å². The van der Waals surface area contributed by atoms with Gasteiger partial charge in [0.15, 0.2) is 0 Å². The van der Waals surface area contributed by atoms with Crippen molar-refractivity contribution >= 4 is 46.4 Å². The number of nitrogens with one attached hydrogen (secondary N) is 1. The highest BCUT2D eigenvalue weighted by Crippen LogP contribution is 2.45. The monoisotopic (exact) mass is 522 g/mol. The Hall–Kier alpha value is -3.51. The number of nitrogens with zero attached hydrogens (tertiary/aromatic N) is 1. The Balaban J connectivity index is 1.64. The molecule has 190 valence electrons. The standard InChI is InChI=1S/C26H24BFN2O6S/c1-29-26(31)24-22-13-21(15-5-6-15)17(11-23(22)36-25(24)16-7-9-19(28)10-8-16)14-30(37(34)35)20-4-2-3-18(12-20)27(32)33/h2-4,7-13,15,32-33H,5-6,14H2,1H3,(H,29,31)(H,34,35). The van der Waals surface area contributed by atoms with Gasteiger partial charge in [-0.1, -0.05) is 12.1 Å². The predicted octanol–water partition coefficient (Wildman–Crippen LogP) is 3.30. The Bertz CT molecular complexity index is 1500. The van der Waals surface area contributed by atoms with Crippen LogP contribution in [0.1, 0.15) is 40.2 Å². The number of halogens is 1. The van der Waals surface area contributed by atoms with Crippen molar-refractivity contribution in [1.82, 2.24) is 5.32 Å². The van der Waals surface area contributed by atoms with Crippen LogP contribution in [0.15, 0.2) is 65.1 Å². The molecule has 1 aromatic heterocycles. The topological polar surface area (TPSA) is 123 Å². The average Bonchev–Trinajstić information content (AvgIpc) is 3.67. The lowest BCUT2D eigenvalue weighted by Gasteiger charge is -2.22. The number of anilines is 1. The molecule has 1 atom stereocenters. The molecule has 37 heavy (non-hydrogen) atoms. The Morgan fingerprint density at radius 3 is 2.51 bits per heavy atom. The van der Waals surface area contributed by atoms with Gasteiger partial charge >= 0.3 is 7.12 Å². The van der Waals surface area contributed by atoms with Crippen molar-refractivity contribution in [1.29, 1.82) is 0 Å². The number of hydrogen-bond acceptors (Lipinski definition) is 5. The molecule has 1 aliphatic carbocycles. The minimum absolute atomic E-state index is 0.0394. The summed E-state index contributed by atoms with van der Waals surface area (Å²) >= 11 is -2.41. The van der Waals surface area contributed by atoms with Crippen LogP contribution in [0.25, 0.3) is 22.3 Å². The van der Waals surface area contributed by atoms with Crippen molar-refractivity contribution in [3.63, 3.8) is 0 Å². The number of rotatable bonds is 8.